The Kier molecular flexibility index (Phi) is 4.74. The van der Waals surface area contributed by atoms with Crippen molar-refractivity contribution in [1.82, 2.24) is 9.78 Å². The van der Waals surface area contributed by atoms with E-state index in [1.165, 1.54) is 18.2 Å². The van der Waals surface area contributed by atoms with Crippen molar-refractivity contribution in [3.63, 3.8) is 0 Å². The van der Waals surface area contributed by atoms with E-state index in [-0.39, 0.29) is 16.4 Å². The zero-order chi connectivity index (χ0) is 16.5. The molecule has 0 aliphatic carbocycles. The Hall–Kier alpha value is -1.64. The number of hydrogen-bond donors (Lipinski definition) is 1. The number of halogens is 3. The van der Waals surface area contributed by atoms with E-state index >= 15 is 0 Å². The molecular formula is C12H10Cl2FN3O3S. The van der Waals surface area contributed by atoms with E-state index in [1.807, 2.05) is 0 Å². The van der Waals surface area contributed by atoms with E-state index in [0.29, 0.717) is 9.70 Å². The molecule has 1 aromatic heterocycles. The highest BCUT2D eigenvalue weighted by Gasteiger charge is 2.17. The Bertz CT molecular complexity index is 836. The van der Waals surface area contributed by atoms with Crippen molar-refractivity contribution in [2.75, 3.05) is 11.6 Å². The van der Waals surface area contributed by atoms with Gasteiger partial charge in [0.25, 0.3) is 5.91 Å². The third-order valence-corrected chi connectivity index (χ3v) is 3.76. The van der Waals surface area contributed by atoms with Crippen LogP contribution < -0.4 is 5.32 Å². The van der Waals surface area contributed by atoms with Crippen LogP contribution in [0.1, 0.15) is 10.5 Å². The predicted molar refractivity (Wildman–Crippen MR) is 81.4 cm³/mol. The van der Waals surface area contributed by atoms with Gasteiger partial charge in [-0.25, -0.2) is 13.1 Å². The van der Waals surface area contributed by atoms with E-state index in [9.17, 15) is 17.6 Å². The van der Waals surface area contributed by atoms with E-state index in [1.54, 1.807) is 0 Å². The van der Waals surface area contributed by atoms with Crippen LogP contribution in [-0.4, -0.2) is 30.4 Å². The number of hydrogen-bond acceptors (Lipinski definition) is 4. The lowest BCUT2D eigenvalue weighted by Crippen LogP contribution is -2.15. The Morgan fingerprint density at radius 3 is 2.64 bits per heavy atom. The zero-order valence-electron chi connectivity index (χ0n) is 11.2. The van der Waals surface area contributed by atoms with Gasteiger partial charge in [-0.3, -0.25) is 4.79 Å². The summed E-state index contributed by atoms with van der Waals surface area (Å²) in [5.74, 6) is -2.32. The van der Waals surface area contributed by atoms with E-state index in [4.69, 9.17) is 23.2 Å². The molecule has 0 bridgehead atoms. The number of carbonyl (C=O) groups is 1. The van der Waals surface area contributed by atoms with Gasteiger partial charge in [-0.05, 0) is 18.2 Å². The summed E-state index contributed by atoms with van der Waals surface area (Å²) in [5, 5.41) is 6.66. The summed E-state index contributed by atoms with van der Waals surface area (Å²) in [6.07, 6.45) is 0.932. The van der Waals surface area contributed by atoms with Crippen molar-refractivity contribution in [2.45, 2.75) is 5.88 Å². The van der Waals surface area contributed by atoms with Crippen LogP contribution in [0, 0.1) is 5.95 Å². The first-order valence-corrected chi connectivity index (χ1v) is 8.65. The number of nitrogens with zero attached hydrogens (tertiary/aromatic N) is 2. The van der Waals surface area contributed by atoms with E-state index < -0.39 is 27.6 Å². The molecule has 0 saturated carbocycles. The van der Waals surface area contributed by atoms with Gasteiger partial charge >= 0.3 is 0 Å². The van der Waals surface area contributed by atoms with Gasteiger partial charge < -0.3 is 5.32 Å². The normalized spacial score (nSPS) is 11.5. The number of nitrogens with one attached hydrogen (secondary N) is 1. The molecule has 0 saturated heterocycles. The van der Waals surface area contributed by atoms with Crippen LogP contribution in [0.2, 0.25) is 10.0 Å². The number of aromatic nitrogens is 2. The number of rotatable bonds is 4. The zero-order valence-corrected chi connectivity index (χ0v) is 13.5. The first kappa shape index (κ1) is 16.7. The molecule has 1 amide bonds. The average Bonchev–Trinajstić information content (AvgIpc) is 2.72. The highest BCUT2D eigenvalue weighted by Crippen LogP contribution is 2.25. The van der Waals surface area contributed by atoms with Gasteiger partial charge in [-0.2, -0.15) is 9.49 Å². The second-order valence-corrected chi connectivity index (χ2v) is 7.44. The summed E-state index contributed by atoms with van der Waals surface area (Å²) in [5.41, 5.74) is 0.00121. The SMILES string of the molecule is CS(=O)(=O)Cn1nc(C(=O)Nc2ccc(Cl)cc2Cl)cc1F. The van der Waals surface area contributed by atoms with Gasteiger partial charge in [0, 0.05) is 17.3 Å². The Morgan fingerprint density at radius 1 is 1.36 bits per heavy atom. The van der Waals surface area contributed by atoms with E-state index in [0.717, 1.165) is 12.3 Å². The van der Waals surface area contributed by atoms with Gasteiger partial charge in [0.1, 0.15) is 5.88 Å². The minimum atomic E-state index is -3.49. The van der Waals surface area contributed by atoms with Gasteiger partial charge in [0.2, 0.25) is 5.95 Å². The van der Waals surface area contributed by atoms with Gasteiger partial charge in [0.05, 0.1) is 10.7 Å². The molecule has 0 aliphatic rings. The molecule has 0 unspecified atom stereocenters. The second kappa shape index (κ2) is 6.23. The fourth-order valence-electron chi connectivity index (χ4n) is 1.59. The fraction of sp³-hybridized carbons (Fsp3) is 0.167. The monoisotopic (exact) mass is 365 g/mol. The summed E-state index contributed by atoms with van der Waals surface area (Å²) < 4.78 is 36.5. The molecule has 118 valence electrons. The third kappa shape index (κ3) is 4.19. The molecule has 0 aliphatic heterocycles. The van der Waals surface area contributed by atoms with E-state index in [2.05, 4.69) is 10.4 Å². The minimum absolute atomic E-state index is 0.205. The number of carbonyl (C=O) groups excluding carboxylic acids is 1. The van der Waals surface area contributed by atoms with Gasteiger partial charge in [0.15, 0.2) is 15.5 Å². The molecule has 6 nitrogen and oxygen atoms in total. The van der Waals surface area contributed by atoms with Crippen LogP contribution in [0.25, 0.3) is 0 Å². The summed E-state index contributed by atoms with van der Waals surface area (Å²) in [6, 6.07) is 5.27. The van der Waals surface area contributed by atoms with Crippen LogP contribution in [0.15, 0.2) is 24.3 Å². The highest BCUT2D eigenvalue weighted by molar-refractivity contribution is 7.89. The van der Waals surface area contributed by atoms with Gasteiger partial charge in [-0.1, -0.05) is 23.2 Å². The van der Waals surface area contributed by atoms with Crippen molar-refractivity contribution in [2.24, 2.45) is 0 Å². The Labute approximate surface area is 135 Å². The van der Waals surface area contributed by atoms with Crippen molar-refractivity contribution in [1.29, 1.82) is 0 Å². The summed E-state index contributed by atoms with van der Waals surface area (Å²) >= 11 is 11.6. The molecular weight excluding hydrogens is 356 g/mol. The number of benzene rings is 1. The quantitative estimate of drug-likeness (QED) is 0.902. The molecule has 0 atom stereocenters. The van der Waals surface area contributed by atoms with Gasteiger partial charge in [-0.15, -0.1) is 0 Å². The Balaban J connectivity index is 2.21. The lowest BCUT2D eigenvalue weighted by molar-refractivity contribution is 0.102. The van der Waals surface area contributed by atoms with Crippen LogP contribution in [0.3, 0.4) is 0 Å². The van der Waals surface area contributed by atoms with Crippen molar-refractivity contribution in [3.05, 3.63) is 46.0 Å². The maximum atomic E-state index is 13.6. The van der Waals surface area contributed by atoms with Crippen LogP contribution in [0.5, 0.6) is 0 Å². The van der Waals surface area contributed by atoms with Crippen molar-refractivity contribution < 1.29 is 17.6 Å². The van der Waals surface area contributed by atoms with Crippen LogP contribution in [-0.2, 0) is 15.7 Å². The number of amides is 1. The predicted octanol–water partition coefficient (Wildman–Crippen LogP) is 2.58. The molecule has 1 N–H and O–H groups in total. The largest absolute Gasteiger partial charge is 0.319 e. The third-order valence-electron chi connectivity index (χ3n) is 2.50. The first-order valence-electron chi connectivity index (χ1n) is 5.83. The summed E-state index contributed by atoms with van der Waals surface area (Å²) in [6.45, 7) is 0. The topological polar surface area (TPSA) is 81.1 Å². The molecule has 1 heterocycles. The number of anilines is 1. The fourth-order valence-corrected chi connectivity index (χ4v) is 2.68. The molecule has 10 heteroatoms. The molecule has 2 aromatic rings. The lowest BCUT2D eigenvalue weighted by atomic mass is 10.3. The summed E-state index contributed by atoms with van der Waals surface area (Å²) in [7, 11) is -3.49. The minimum Gasteiger partial charge on any atom is -0.319 e. The average molecular weight is 366 g/mol. The summed E-state index contributed by atoms with van der Waals surface area (Å²) in [4.78, 5) is 12.0. The molecule has 2 rings (SSSR count). The molecule has 22 heavy (non-hydrogen) atoms. The maximum Gasteiger partial charge on any atom is 0.276 e. The Morgan fingerprint density at radius 2 is 2.05 bits per heavy atom. The first-order chi connectivity index (χ1) is 10.2. The number of sulfone groups is 1. The maximum absolute atomic E-state index is 13.6. The van der Waals surface area contributed by atoms with Crippen LogP contribution >= 0.6 is 23.2 Å². The highest BCUT2D eigenvalue weighted by atomic mass is 35.5. The van der Waals surface area contributed by atoms with Crippen molar-refractivity contribution >= 4 is 44.6 Å². The second-order valence-electron chi connectivity index (χ2n) is 4.48. The smallest absolute Gasteiger partial charge is 0.276 e. The lowest BCUT2D eigenvalue weighted by Gasteiger charge is -2.05. The van der Waals surface area contributed by atoms with Crippen LogP contribution in [0.4, 0.5) is 10.1 Å². The molecule has 0 radical (unpaired) electrons. The van der Waals surface area contributed by atoms with Crippen molar-refractivity contribution in [3.8, 4) is 0 Å². The standard InChI is InChI=1S/C12H10Cl2FN3O3S/c1-22(20,21)6-18-11(15)5-10(17-18)12(19)16-9-3-2-7(13)4-8(9)14/h2-5H,6H2,1H3,(H,16,19). The molecule has 0 spiro atoms. The molecule has 0 fully saturated rings. The molecule has 1 aromatic carbocycles.